The standard InChI is InChI=1S/C22H16Cl2F4N4O3S.C2H6/c1-11-19(21(33)31(2)36(34,35)14-6-4-13(25)5-7-14)20(12-3-8-15(23)16(24)9-12)32-18(29-11)10-17(30-32)22(26,27)28;1-2/h3-10,20,29H,1-2H3;1-2H3. The van der Waals surface area contributed by atoms with E-state index in [1.165, 1.54) is 25.1 Å². The number of hydrogen-bond donors (Lipinski definition) is 1. The van der Waals surface area contributed by atoms with Gasteiger partial charge in [-0.2, -0.15) is 18.3 Å². The number of halogens is 6. The van der Waals surface area contributed by atoms with Crippen molar-refractivity contribution in [1.29, 1.82) is 0 Å². The topological polar surface area (TPSA) is 84.3 Å². The van der Waals surface area contributed by atoms with Crippen LogP contribution in [-0.2, 0) is 21.0 Å². The monoisotopic (exact) mass is 592 g/mol. The first-order valence-corrected chi connectivity index (χ1v) is 13.3. The smallest absolute Gasteiger partial charge is 0.344 e. The Morgan fingerprint density at radius 2 is 1.66 bits per heavy atom. The summed E-state index contributed by atoms with van der Waals surface area (Å²) in [4.78, 5) is 13.2. The number of fused-ring (bicyclic) bond motifs is 1. The van der Waals surface area contributed by atoms with E-state index in [1.807, 2.05) is 13.8 Å². The number of amides is 1. The van der Waals surface area contributed by atoms with Crippen LogP contribution in [0.3, 0.4) is 0 Å². The number of anilines is 1. The predicted molar refractivity (Wildman–Crippen MR) is 136 cm³/mol. The van der Waals surface area contributed by atoms with Gasteiger partial charge in [0.15, 0.2) is 5.69 Å². The molecule has 1 aliphatic rings. The molecule has 0 fully saturated rings. The summed E-state index contributed by atoms with van der Waals surface area (Å²) in [5.41, 5.74) is -1.09. The van der Waals surface area contributed by atoms with Crippen LogP contribution in [0.5, 0.6) is 0 Å². The van der Waals surface area contributed by atoms with E-state index in [-0.39, 0.29) is 37.6 Å². The van der Waals surface area contributed by atoms with Gasteiger partial charge in [0, 0.05) is 18.8 Å². The number of likely N-dealkylation sites (N-methyl/N-ethyl adjacent to an activating group) is 1. The highest BCUT2D eigenvalue weighted by atomic mass is 35.5. The molecule has 38 heavy (non-hydrogen) atoms. The lowest BCUT2D eigenvalue weighted by Crippen LogP contribution is -2.39. The predicted octanol–water partition coefficient (Wildman–Crippen LogP) is 6.51. The number of hydrogen-bond acceptors (Lipinski definition) is 5. The molecule has 0 radical (unpaired) electrons. The van der Waals surface area contributed by atoms with Crippen molar-refractivity contribution in [1.82, 2.24) is 14.1 Å². The maximum Gasteiger partial charge on any atom is 0.435 e. The van der Waals surface area contributed by atoms with Crippen LogP contribution in [0.15, 0.2) is 64.7 Å². The molecule has 0 spiro atoms. The lowest BCUT2D eigenvalue weighted by molar-refractivity contribution is -0.141. The first kappa shape index (κ1) is 29.5. The van der Waals surface area contributed by atoms with Gasteiger partial charge in [0.2, 0.25) is 0 Å². The van der Waals surface area contributed by atoms with E-state index in [9.17, 15) is 30.8 Å². The molecule has 1 atom stereocenters. The lowest BCUT2D eigenvalue weighted by Gasteiger charge is -2.31. The number of benzene rings is 2. The third-order valence-electron chi connectivity index (χ3n) is 5.51. The fraction of sp³-hybridized carbons (Fsp3) is 0.250. The van der Waals surface area contributed by atoms with E-state index in [2.05, 4.69) is 10.4 Å². The van der Waals surface area contributed by atoms with Crippen molar-refractivity contribution in [2.75, 3.05) is 12.4 Å². The molecule has 4 rings (SSSR count). The Balaban J connectivity index is 0.00000195. The van der Waals surface area contributed by atoms with Crippen molar-refractivity contribution < 1.29 is 30.8 Å². The second-order valence-electron chi connectivity index (χ2n) is 7.83. The highest BCUT2D eigenvalue weighted by molar-refractivity contribution is 7.89. The second kappa shape index (κ2) is 11.0. The van der Waals surface area contributed by atoms with Crippen LogP contribution in [-0.4, -0.2) is 35.5 Å². The fourth-order valence-electron chi connectivity index (χ4n) is 3.72. The summed E-state index contributed by atoms with van der Waals surface area (Å²) in [6, 6.07) is 7.51. The molecule has 2 heterocycles. The number of rotatable bonds is 4. The van der Waals surface area contributed by atoms with Crippen LogP contribution in [0, 0.1) is 5.82 Å². The highest BCUT2D eigenvalue weighted by Crippen LogP contribution is 2.41. The maximum absolute atomic E-state index is 13.6. The molecule has 0 saturated carbocycles. The van der Waals surface area contributed by atoms with Gasteiger partial charge in [0.1, 0.15) is 17.7 Å². The largest absolute Gasteiger partial charge is 0.435 e. The Morgan fingerprint density at radius 1 is 1.05 bits per heavy atom. The van der Waals surface area contributed by atoms with Gasteiger partial charge in [0.05, 0.1) is 20.5 Å². The number of nitrogens with zero attached hydrogens (tertiary/aromatic N) is 3. The normalized spacial score (nSPS) is 15.3. The van der Waals surface area contributed by atoms with Crippen LogP contribution >= 0.6 is 23.2 Å². The Labute approximate surface area is 226 Å². The highest BCUT2D eigenvalue weighted by Gasteiger charge is 2.41. The summed E-state index contributed by atoms with van der Waals surface area (Å²) >= 11 is 12.1. The summed E-state index contributed by atoms with van der Waals surface area (Å²) in [6.45, 7) is 5.42. The molecular weight excluding hydrogens is 571 g/mol. The molecule has 1 aromatic heterocycles. The van der Waals surface area contributed by atoms with Crippen molar-refractivity contribution in [3.63, 3.8) is 0 Å². The van der Waals surface area contributed by atoms with Crippen molar-refractivity contribution in [3.05, 3.63) is 86.9 Å². The second-order valence-corrected chi connectivity index (χ2v) is 10.6. The third kappa shape index (κ3) is 5.52. The molecule has 0 saturated heterocycles. The number of alkyl halides is 3. The minimum absolute atomic E-state index is 0.0641. The SMILES string of the molecule is CC.CC1=C(C(=O)N(C)S(=O)(=O)c2ccc(F)cc2)C(c2ccc(Cl)c(Cl)c2)n2nc(C(F)(F)F)cc2N1. The molecule has 2 aromatic carbocycles. The van der Waals surface area contributed by atoms with Gasteiger partial charge in [-0.05, 0) is 48.9 Å². The molecule has 1 unspecified atom stereocenters. The first-order chi connectivity index (χ1) is 17.7. The van der Waals surface area contributed by atoms with Crippen LogP contribution in [0.25, 0.3) is 0 Å². The zero-order valence-corrected chi connectivity index (χ0v) is 22.8. The Kier molecular flexibility index (Phi) is 8.49. The molecule has 1 aliphatic heterocycles. The van der Waals surface area contributed by atoms with Gasteiger partial charge >= 0.3 is 6.18 Å². The Bertz CT molecular complexity index is 1500. The molecule has 14 heteroatoms. The van der Waals surface area contributed by atoms with Gasteiger partial charge in [0.25, 0.3) is 15.9 Å². The molecular formula is C24H22Cl2F4N4O3S. The summed E-state index contributed by atoms with van der Waals surface area (Å²) in [5.74, 6) is -1.80. The molecule has 0 bridgehead atoms. The van der Waals surface area contributed by atoms with Gasteiger partial charge < -0.3 is 5.32 Å². The molecule has 0 aliphatic carbocycles. The lowest BCUT2D eigenvalue weighted by atomic mass is 9.95. The number of aromatic nitrogens is 2. The maximum atomic E-state index is 13.6. The molecule has 1 N–H and O–H groups in total. The molecule has 7 nitrogen and oxygen atoms in total. The average molecular weight is 593 g/mol. The van der Waals surface area contributed by atoms with E-state index < -0.39 is 39.7 Å². The van der Waals surface area contributed by atoms with Crippen molar-refractivity contribution in [2.45, 2.75) is 37.9 Å². The van der Waals surface area contributed by atoms with E-state index in [0.717, 1.165) is 42.1 Å². The summed E-state index contributed by atoms with van der Waals surface area (Å²) in [5, 5.41) is 6.56. The van der Waals surface area contributed by atoms with Crippen molar-refractivity contribution >= 4 is 45.0 Å². The zero-order valence-electron chi connectivity index (χ0n) is 20.4. The van der Waals surface area contributed by atoms with Gasteiger partial charge in [-0.25, -0.2) is 21.8 Å². The first-order valence-electron chi connectivity index (χ1n) is 11.1. The zero-order chi connectivity index (χ0) is 28.6. The number of nitrogens with one attached hydrogen (secondary N) is 1. The van der Waals surface area contributed by atoms with Crippen molar-refractivity contribution in [3.8, 4) is 0 Å². The molecule has 204 valence electrons. The molecule has 1 amide bonds. The van der Waals surface area contributed by atoms with Crippen LogP contribution in [0.2, 0.25) is 10.0 Å². The third-order valence-corrected chi connectivity index (χ3v) is 8.01. The van der Waals surface area contributed by atoms with Gasteiger partial charge in [-0.3, -0.25) is 4.79 Å². The van der Waals surface area contributed by atoms with E-state index in [0.29, 0.717) is 4.31 Å². The van der Waals surface area contributed by atoms with E-state index >= 15 is 0 Å². The number of sulfonamides is 1. The van der Waals surface area contributed by atoms with Gasteiger partial charge in [-0.1, -0.05) is 43.1 Å². The quantitative estimate of drug-likeness (QED) is 0.349. The van der Waals surface area contributed by atoms with Crippen LogP contribution in [0.4, 0.5) is 23.4 Å². The Hall–Kier alpha value is -3.09. The van der Waals surface area contributed by atoms with E-state index in [4.69, 9.17) is 23.2 Å². The van der Waals surface area contributed by atoms with E-state index in [1.54, 1.807) is 0 Å². The summed E-state index contributed by atoms with van der Waals surface area (Å²) in [7, 11) is -3.45. The number of allylic oxidation sites excluding steroid dienone is 1. The number of carbonyl (C=O) groups excluding carboxylic acids is 1. The Morgan fingerprint density at radius 3 is 2.21 bits per heavy atom. The molecule has 3 aromatic rings. The van der Waals surface area contributed by atoms with Crippen LogP contribution in [0.1, 0.15) is 38.1 Å². The summed E-state index contributed by atoms with van der Waals surface area (Å²) in [6.07, 6.45) is -4.78. The van der Waals surface area contributed by atoms with Gasteiger partial charge in [-0.15, -0.1) is 0 Å². The minimum atomic E-state index is -4.78. The van der Waals surface area contributed by atoms with Crippen molar-refractivity contribution in [2.24, 2.45) is 0 Å². The number of carbonyl (C=O) groups is 1. The average Bonchev–Trinajstić information content (AvgIpc) is 3.30. The van der Waals surface area contributed by atoms with Crippen LogP contribution < -0.4 is 5.32 Å². The minimum Gasteiger partial charge on any atom is -0.344 e. The summed E-state index contributed by atoms with van der Waals surface area (Å²) < 4.78 is 81.2. The fourth-order valence-corrected chi connectivity index (χ4v) is 5.14.